The Morgan fingerprint density at radius 2 is 2.30 bits per heavy atom. The first-order chi connectivity index (χ1) is 4.54. The van der Waals surface area contributed by atoms with Gasteiger partial charge in [0.2, 0.25) is 5.91 Å². The summed E-state index contributed by atoms with van der Waals surface area (Å²) in [7, 11) is 0. The second kappa shape index (κ2) is 2.23. The molecule has 0 aromatic heterocycles. The van der Waals surface area contributed by atoms with E-state index in [2.05, 4.69) is 0 Å². The maximum atomic E-state index is 10.8. The van der Waals surface area contributed by atoms with Crippen LogP contribution in [0.25, 0.3) is 0 Å². The van der Waals surface area contributed by atoms with Crippen LogP contribution in [0.4, 0.5) is 0 Å². The van der Waals surface area contributed by atoms with Gasteiger partial charge in [-0.3, -0.25) is 4.79 Å². The normalized spacial score (nSPS) is 40.0. The molecule has 0 heterocycles. The van der Waals surface area contributed by atoms with Crippen molar-refractivity contribution in [1.82, 2.24) is 0 Å². The molecule has 58 valence electrons. The summed E-state index contributed by atoms with van der Waals surface area (Å²) < 4.78 is 0. The van der Waals surface area contributed by atoms with Gasteiger partial charge in [-0.2, -0.15) is 0 Å². The van der Waals surface area contributed by atoms with Crippen LogP contribution in [0.5, 0.6) is 0 Å². The highest BCUT2D eigenvalue weighted by Crippen LogP contribution is 2.36. The van der Waals surface area contributed by atoms with Crippen molar-refractivity contribution in [2.45, 2.75) is 32.2 Å². The van der Waals surface area contributed by atoms with Gasteiger partial charge in [-0.15, -0.1) is 0 Å². The molecular weight excluding hydrogens is 128 g/mol. The van der Waals surface area contributed by atoms with Crippen LogP contribution in [-0.2, 0) is 4.79 Å². The molecular formula is C7H14N2O. The molecule has 0 bridgehead atoms. The van der Waals surface area contributed by atoms with Crippen LogP contribution >= 0.6 is 0 Å². The molecule has 1 aliphatic carbocycles. The maximum Gasteiger partial charge on any atom is 0.223 e. The number of hydrogen-bond donors (Lipinski definition) is 2. The maximum absolute atomic E-state index is 10.8. The summed E-state index contributed by atoms with van der Waals surface area (Å²) in [6.07, 6.45) is 2.53. The van der Waals surface area contributed by atoms with E-state index in [9.17, 15) is 4.79 Å². The third-order valence-corrected chi connectivity index (χ3v) is 2.37. The minimum absolute atomic E-state index is 0.178. The minimum atomic E-state index is -0.320. The van der Waals surface area contributed by atoms with Gasteiger partial charge < -0.3 is 11.5 Å². The summed E-state index contributed by atoms with van der Waals surface area (Å²) in [6.45, 7) is 1.89. The number of nitrogens with two attached hydrogens (primary N) is 2. The van der Waals surface area contributed by atoms with Crippen molar-refractivity contribution in [2.75, 3.05) is 0 Å². The van der Waals surface area contributed by atoms with Gasteiger partial charge in [-0.25, -0.2) is 0 Å². The molecule has 10 heavy (non-hydrogen) atoms. The monoisotopic (exact) mass is 142 g/mol. The van der Waals surface area contributed by atoms with Crippen LogP contribution < -0.4 is 11.5 Å². The lowest BCUT2D eigenvalue weighted by molar-refractivity contribution is -0.126. The van der Waals surface area contributed by atoms with Crippen molar-refractivity contribution in [3.63, 3.8) is 0 Å². The van der Waals surface area contributed by atoms with E-state index in [0.717, 1.165) is 19.3 Å². The Kier molecular flexibility index (Phi) is 1.68. The van der Waals surface area contributed by atoms with E-state index in [1.54, 1.807) is 0 Å². The molecule has 0 aliphatic heterocycles. The minimum Gasteiger partial charge on any atom is -0.369 e. The van der Waals surface area contributed by atoms with Crippen molar-refractivity contribution in [3.8, 4) is 0 Å². The van der Waals surface area contributed by atoms with Crippen molar-refractivity contribution >= 4 is 5.91 Å². The first-order valence-electron chi connectivity index (χ1n) is 3.60. The summed E-state index contributed by atoms with van der Waals surface area (Å²) >= 11 is 0. The molecule has 0 radical (unpaired) electrons. The van der Waals surface area contributed by atoms with E-state index in [1.165, 1.54) is 0 Å². The molecule has 1 unspecified atom stereocenters. The molecule has 0 aromatic rings. The second-order valence-corrected chi connectivity index (χ2v) is 3.43. The van der Waals surface area contributed by atoms with Crippen molar-refractivity contribution in [1.29, 1.82) is 0 Å². The van der Waals surface area contributed by atoms with Crippen molar-refractivity contribution < 1.29 is 4.79 Å². The predicted molar refractivity (Wildman–Crippen MR) is 39.1 cm³/mol. The summed E-state index contributed by atoms with van der Waals surface area (Å²) in [4.78, 5) is 10.8. The molecule has 0 aromatic carbocycles. The molecule has 3 nitrogen and oxygen atoms in total. The van der Waals surface area contributed by atoms with Gasteiger partial charge in [-0.1, -0.05) is 6.92 Å². The van der Waals surface area contributed by atoms with Crippen LogP contribution in [-0.4, -0.2) is 11.9 Å². The molecule has 1 fully saturated rings. The van der Waals surface area contributed by atoms with E-state index in [-0.39, 0.29) is 17.4 Å². The average Bonchev–Trinajstić information content (AvgIpc) is 2.13. The van der Waals surface area contributed by atoms with Gasteiger partial charge >= 0.3 is 0 Å². The number of rotatable bonds is 1. The summed E-state index contributed by atoms with van der Waals surface area (Å²) in [5, 5.41) is 0. The number of carbonyl (C=O) groups excluding carboxylic acids is 1. The lowest BCUT2D eigenvalue weighted by Crippen LogP contribution is -2.33. The fourth-order valence-electron chi connectivity index (χ4n) is 1.51. The molecule has 1 rings (SSSR count). The Labute approximate surface area is 60.8 Å². The van der Waals surface area contributed by atoms with E-state index in [4.69, 9.17) is 11.5 Å². The standard InChI is InChI=1S/C7H14N2O/c1-7(6(9)10)3-2-5(8)4-7/h5H,2-4,8H2,1H3,(H2,9,10)/t5-,7?/m1/s1. The molecule has 1 saturated carbocycles. The second-order valence-electron chi connectivity index (χ2n) is 3.43. The number of hydrogen-bond acceptors (Lipinski definition) is 2. The van der Waals surface area contributed by atoms with Gasteiger partial charge in [-0.05, 0) is 19.3 Å². The van der Waals surface area contributed by atoms with Gasteiger partial charge in [0, 0.05) is 11.5 Å². The molecule has 3 heteroatoms. The zero-order chi connectivity index (χ0) is 7.78. The van der Waals surface area contributed by atoms with E-state index >= 15 is 0 Å². The zero-order valence-electron chi connectivity index (χ0n) is 6.26. The Bertz CT molecular complexity index is 158. The first kappa shape index (κ1) is 7.54. The molecule has 1 aliphatic rings. The van der Waals surface area contributed by atoms with Crippen molar-refractivity contribution in [3.05, 3.63) is 0 Å². The number of amides is 1. The average molecular weight is 142 g/mol. The molecule has 0 saturated heterocycles. The first-order valence-corrected chi connectivity index (χ1v) is 3.60. The Morgan fingerprint density at radius 1 is 1.70 bits per heavy atom. The highest BCUT2D eigenvalue weighted by molar-refractivity contribution is 5.80. The van der Waals surface area contributed by atoms with Crippen LogP contribution in [0.1, 0.15) is 26.2 Å². The lowest BCUT2D eigenvalue weighted by Gasteiger charge is -2.18. The molecule has 4 N–H and O–H groups in total. The van der Waals surface area contributed by atoms with Gasteiger partial charge in [0.15, 0.2) is 0 Å². The summed E-state index contributed by atoms with van der Waals surface area (Å²) in [5.41, 5.74) is 10.5. The SMILES string of the molecule is CC1(C(N)=O)CC[C@@H](N)C1. The van der Waals surface area contributed by atoms with Crippen LogP contribution in [0, 0.1) is 5.41 Å². The van der Waals surface area contributed by atoms with Gasteiger partial charge in [0.1, 0.15) is 0 Å². The highest BCUT2D eigenvalue weighted by Gasteiger charge is 2.38. The number of carbonyl (C=O) groups is 1. The summed E-state index contributed by atoms with van der Waals surface area (Å²) in [5.74, 6) is -0.208. The smallest absolute Gasteiger partial charge is 0.223 e. The van der Waals surface area contributed by atoms with Crippen LogP contribution in [0.3, 0.4) is 0 Å². The quantitative estimate of drug-likeness (QED) is 0.540. The summed E-state index contributed by atoms with van der Waals surface area (Å²) in [6, 6.07) is 0.178. The zero-order valence-corrected chi connectivity index (χ0v) is 6.26. The third kappa shape index (κ3) is 1.14. The molecule has 0 spiro atoms. The lowest BCUT2D eigenvalue weighted by atomic mass is 9.88. The Hall–Kier alpha value is -0.570. The Morgan fingerprint density at radius 3 is 2.50 bits per heavy atom. The largest absolute Gasteiger partial charge is 0.369 e. The van der Waals surface area contributed by atoms with E-state index < -0.39 is 0 Å². The van der Waals surface area contributed by atoms with Crippen LogP contribution in [0.2, 0.25) is 0 Å². The van der Waals surface area contributed by atoms with E-state index in [0.29, 0.717) is 0 Å². The van der Waals surface area contributed by atoms with Crippen molar-refractivity contribution in [2.24, 2.45) is 16.9 Å². The third-order valence-electron chi connectivity index (χ3n) is 2.37. The van der Waals surface area contributed by atoms with Crippen LogP contribution in [0.15, 0.2) is 0 Å². The van der Waals surface area contributed by atoms with Gasteiger partial charge in [0.05, 0.1) is 0 Å². The highest BCUT2D eigenvalue weighted by atomic mass is 16.1. The fourth-order valence-corrected chi connectivity index (χ4v) is 1.51. The van der Waals surface area contributed by atoms with Gasteiger partial charge in [0.25, 0.3) is 0 Å². The van der Waals surface area contributed by atoms with E-state index in [1.807, 2.05) is 6.92 Å². The fraction of sp³-hybridized carbons (Fsp3) is 0.857. The topological polar surface area (TPSA) is 69.1 Å². The number of primary amides is 1. The molecule has 2 atom stereocenters. The Balaban J connectivity index is 2.63. The predicted octanol–water partition coefficient (Wildman–Crippen LogP) is -0.0108. The molecule has 1 amide bonds.